The first-order valence-electron chi connectivity index (χ1n) is 10.00. The van der Waals surface area contributed by atoms with Crippen molar-refractivity contribution in [3.8, 4) is 6.01 Å². The summed E-state index contributed by atoms with van der Waals surface area (Å²) in [4.78, 5) is 49.2. The van der Waals surface area contributed by atoms with Crippen molar-refractivity contribution in [3.05, 3.63) is 70.4 Å². The van der Waals surface area contributed by atoms with E-state index in [4.69, 9.17) is 4.74 Å². The number of methoxy groups -OCH3 is 1. The van der Waals surface area contributed by atoms with E-state index in [-0.39, 0.29) is 19.0 Å². The maximum absolute atomic E-state index is 13.6. The average Bonchev–Trinajstić information content (AvgIpc) is 3.40. The van der Waals surface area contributed by atoms with Gasteiger partial charge in [0.1, 0.15) is 5.82 Å². The normalized spacial score (nSPS) is 17.7. The molecule has 0 saturated carbocycles. The van der Waals surface area contributed by atoms with Crippen molar-refractivity contribution in [3.63, 3.8) is 0 Å². The van der Waals surface area contributed by atoms with Crippen molar-refractivity contribution in [2.45, 2.75) is 18.4 Å². The minimum Gasteiger partial charge on any atom is -0.467 e. The van der Waals surface area contributed by atoms with Gasteiger partial charge < -0.3 is 15.0 Å². The Morgan fingerprint density at radius 2 is 1.94 bits per heavy atom. The predicted octanol–water partition coefficient (Wildman–Crippen LogP) is 2.70. The lowest BCUT2D eigenvalue weighted by Crippen LogP contribution is -2.50. The smallest absolute Gasteiger partial charge is 0.325 e. The molecule has 0 spiro atoms. The second kappa shape index (κ2) is 9.33. The molecule has 3 heterocycles. The van der Waals surface area contributed by atoms with Crippen molar-refractivity contribution in [2.75, 3.05) is 19.0 Å². The number of rotatable bonds is 8. The summed E-state index contributed by atoms with van der Waals surface area (Å²) in [6, 6.07) is 8.56. The number of ether oxygens (including phenoxy) is 1. The van der Waals surface area contributed by atoms with Crippen molar-refractivity contribution >= 4 is 34.9 Å². The highest BCUT2D eigenvalue weighted by atomic mass is 32.1. The third-order valence-corrected chi connectivity index (χ3v) is 6.23. The first kappa shape index (κ1) is 22.3. The molecule has 0 aliphatic carbocycles. The Morgan fingerprint density at radius 1 is 1.21 bits per heavy atom. The number of amides is 4. The number of carbonyl (C=O) groups excluding carboxylic acids is 3. The second-order valence-electron chi connectivity index (χ2n) is 7.29. The number of urea groups is 1. The number of benzene rings is 1. The number of hydrogen-bond donors (Lipinski definition) is 2. The van der Waals surface area contributed by atoms with E-state index < -0.39 is 29.2 Å². The van der Waals surface area contributed by atoms with Crippen LogP contribution in [0.25, 0.3) is 0 Å². The molecule has 11 heteroatoms. The summed E-state index contributed by atoms with van der Waals surface area (Å²) in [6.07, 6.45) is 2.84. The van der Waals surface area contributed by atoms with Crippen LogP contribution in [0, 0.1) is 5.82 Å². The van der Waals surface area contributed by atoms with Gasteiger partial charge in [-0.3, -0.25) is 14.9 Å². The van der Waals surface area contributed by atoms with Crippen molar-refractivity contribution < 1.29 is 23.5 Å². The minimum absolute atomic E-state index is 0.135. The number of carbonyl (C=O) groups is 3. The molecule has 1 saturated heterocycles. The van der Waals surface area contributed by atoms with E-state index >= 15 is 0 Å². The van der Waals surface area contributed by atoms with E-state index in [0.717, 1.165) is 4.88 Å². The zero-order valence-electron chi connectivity index (χ0n) is 17.6. The van der Waals surface area contributed by atoms with Crippen LogP contribution in [0.15, 0.2) is 54.2 Å². The Bertz CT molecular complexity index is 1150. The largest absolute Gasteiger partial charge is 0.467 e. The Labute approximate surface area is 192 Å². The third-order valence-electron chi connectivity index (χ3n) is 5.30. The molecule has 1 aromatic carbocycles. The van der Waals surface area contributed by atoms with E-state index in [2.05, 4.69) is 20.6 Å². The highest BCUT2D eigenvalue weighted by Gasteiger charge is 2.55. The van der Waals surface area contributed by atoms with Gasteiger partial charge in [0, 0.05) is 11.4 Å². The van der Waals surface area contributed by atoms with Gasteiger partial charge >= 0.3 is 12.0 Å². The molecule has 2 aromatic heterocycles. The summed E-state index contributed by atoms with van der Waals surface area (Å²) < 4.78 is 18.5. The highest BCUT2D eigenvalue weighted by Crippen LogP contribution is 2.37. The molecular weight excluding hydrogens is 449 g/mol. The second-order valence-corrected chi connectivity index (χ2v) is 8.32. The van der Waals surface area contributed by atoms with Gasteiger partial charge in [0.15, 0.2) is 5.54 Å². The van der Waals surface area contributed by atoms with Gasteiger partial charge in [-0.15, -0.1) is 11.3 Å². The summed E-state index contributed by atoms with van der Waals surface area (Å²) >= 11 is 1.53. The van der Waals surface area contributed by atoms with Gasteiger partial charge in [0.05, 0.1) is 31.6 Å². The monoisotopic (exact) mass is 469 g/mol. The molecule has 3 aromatic rings. The molecule has 4 amide bonds. The van der Waals surface area contributed by atoms with Gasteiger partial charge in [0.25, 0.3) is 5.91 Å². The molecule has 1 fully saturated rings. The van der Waals surface area contributed by atoms with Gasteiger partial charge in [-0.1, -0.05) is 18.2 Å². The molecule has 4 rings (SSSR count). The summed E-state index contributed by atoms with van der Waals surface area (Å²) in [7, 11) is 1.42. The number of hydrogen-bond acceptors (Lipinski definition) is 7. The van der Waals surface area contributed by atoms with Crippen LogP contribution in [0.2, 0.25) is 0 Å². The van der Waals surface area contributed by atoms with Gasteiger partial charge in [-0.2, -0.15) is 0 Å². The van der Waals surface area contributed by atoms with Crippen LogP contribution < -0.4 is 15.4 Å². The lowest BCUT2D eigenvalue weighted by molar-refractivity contribution is -0.131. The Kier molecular flexibility index (Phi) is 6.31. The lowest BCUT2D eigenvalue weighted by Gasteiger charge is -2.35. The zero-order valence-corrected chi connectivity index (χ0v) is 18.4. The number of aromatic nitrogens is 2. The fourth-order valence-corrected chi connectivity index (χ4v) is 4.45. The van der Waals surface area contributed by atoms with Crippen LogP contribution in [-0.4, -0.2) is 46.4 Å². The molecule has 1 atom stereocenters. The molecule has 0 bridgehead atoms. The SMILES string of the molecule is COc1ncc(NC(=O)CC2(c3ccc(F)cc3)C(=O)NC(=O)N2CCc2cccs2)cn1. The van der Waals surface area contributed by atoms with Crippen molar-refractivity contribution in [2.24, 2.45) is 0 Å². The van der Waals surface area contributed by atoms with Crippen LogP contribution in [-0.2, 0) is 21.5 Å². The maximum Gasteiger partial charge on any atom is 0.325 e. The summed E-state index contributed by atoms with van der Waals surface area (Å²) in [5.41, 5.74) is -1.01. The molecule has 9 nitrogen and oxygen atoms in total. The summed E-state index contributed by atoms with van der Waals surface area (Å²) in [6.45, 7) is 0.189. The quantitative estimate of drug-likeness (QED) is 0.491. The fraction of sp³-hybridized carbons (Fsp3) is 0.227. The number of thiophene rings is 1. The van der Waals surface area contributed by atoms with Gasteiger partial charge in [-0.25, -0.2) is 19.2 Å². The van der Waals surface area contributed by atoms with E-state index in [1.165, 1.54) is 60.0 Å². The highest BCUT2D eigenvalue weighted by molar-refractivity contribution is 7.09. The molecule has 33 heavy (non-hydrogen) atoms. The van der Waals surface area contributed by atoms with E-state index in [0.29, 0.717) is 17.7 Å². The van der Waals surface area contributed by atoms with Gasteiger partial charge in [-0.05, 0) is 35.6 Å². The summed E-state index contributed by atoms with van der Waals surface area (Å²) in [5, 5.41) is 6.88. The van der Waals surface area contributed by atoms with E-state index in [9.17, 15) is 18.8 Å². The number of anilines is 1. The van der Waals surface area contributed by atoms with Gasteiger partial charge in [0.2, 0.25) is 5.91 Å². The molecule has 1 unspecified atom stereocenters. The number of nitrogens with one attached hydrogen (secondary N) is 2. The Morgan fingerprint density at radius 3 is 2.58 bits per heavy atom. The van der Waals surface area contributed by atoms with Crippen LogP contribution >= 0.6 is 11.3 Å². The first-order chi connectivity index (χ1) is 15.9. The van der Waals surface area contributed by atoms with Crippen LogP contribution in [0.3, 0.4) is 0 Å². The fourth-order valence-electron chi connectivity index (χ4n) is 3.75. The minimum atomic E-state index is -1.64. The molecular formula is C22H20FN5O4S. The zero-order chi connectivity index (χ0) is 23.4. The predicted molar refractivity (Wildman–Crippen MR) is 118 cm³/mol. The molecule has 1 aliphatic heterocycles. The number of halogens is 1. The molecule has 170 valence electrons. The van der Waals surface area contributed by atoms with E-state index in [1.54, 1.807) is 0 Å². The summed E-state index contributed by atoms with van der Waals surface area (Å²) in [5.74, 6) is -1.69. The van der Waals surface area contributed by atoms with E-state index in [1.807, 2.05) is 17.5 Å². The molecule has 2 N–H and O–H groups in total. The number of imide groups is 1. The molecule has 0 radical (unpaired) electrons. The Hall–Kier alpha value is -3.86. The van der Waals surface area contributed by atoms with Crippen molar-refractivity contribution in [1.82, 2.24) is 20.2 Å². The van der Waals surface area contributed by atoms with Crippen LogP contribution in [0.5, 0.6) is 6.01 Å². The standard InChI is InChI=1S/C22H20FN5O4S/c1-32-20-24-12-16(13-25-20)26-18(29)11-22(14-4-6-15(23)7-5-14)19(30)27-21(31)28(22)9-8-17-3-2-10-33-17/h2-7,10,12-13H,8-9,11H2,1H3,(H,26,29)(H,27,30,31). The lowest BCUT2D eigenvalue weighted by atomic mass is 9.84. The third kappa shape index (κ3) is 4.53. The van der Waals surface area contributed by atoms with Crippen LogP contribution in [0.4, 0.5) is 14.9 Å². The molecule has 1 aliphatic rings. The van der Waals surface area contributed by atoms with Crippen LogP contribution in [0.1, 0.15) is 16.9 Å². The average molecular weight is 469 g/mol. The van der Waals surface area contributed by atoms with Crippen molar-refractivity contribution in [1.29, 1.82) is 0 Å². The topological polar surface area (TPSA) is 114 Å². The first-order valence-corrected chi connectivity index (χ1v) is 10.9. The number of nitrogens with zero attached hydrogens (tertiary/aromatic N) is 3. The Balaban J connectivity index is 1.65. The maximum atomic E-state index is 13.6.